The quantitative estimate of drug-likeness (QED) is 0.441. The van der Waals surface area contributed by atoms with E-state index in [1.54, 1.807) is 31.5 Å². The van der Waals surface area contributed by atoms with Crippen molar-refractivity contribution >= 4 is 23.3 Å². The Morgan fingerprint density at radius 2 is 1.76 bits per heavy atom. The number of hydrogen-bond donors (Lipinski definition) is 3. The van der Waals surface area contributed by atoms with E-state index < -0.39 is 17.2 Å². The highest BCUT2D eigenvalue weighted by Gasteiger charge is 2.40. The van der Waals surface area contributed by atoms with Gasteiger partial charge in [-0.25, -0.2) is 4.39 Å². The summed E-state index contributed by atoms with van der Waals surface area (Å²) in [7, 11) is 1.69. The Morgan fingerprint density at radius 1 is 1.12 bits per heavy atom. The van der Waals surface area contributed by atoms with E-state index in [4.69, 9.17) is 0 Å². The van der Waals surface area contributed by atoms with Crippen LogP contribution in [0.1, 0.15) is 89.0 Å². The molecule has 1 heterocycles. The molecule has 1 aromatic carbocycles. The lowest BCUT2D eigenvalue weighted by molar-refractivity contribution is -0.119. The molecule has 0 saturated heterocycles. The Kier molecular flexibility index (Phi) is 6.38. The molecular weight excluding hydrogens is 437 g/mol. The number of carbonyl (C=O) groups excluding carboxylic acids is 3. The molecule has 0 aliphatic heterocycles. The summed E-state index contributed by atoms with van der Waals surface area (Å²) >= 11 is 0. The number of aromatic nitrogens is 1. The third kappa shape index (κ3) is 4.64. The van der Waals surface area contributed by atoms with Gasteiger partial charge in [0.25, 0.3) is 17.6 Å². The standard InChI is InChI=1S/C26H32FN3O4/c1-14-13-17(7-8-19(14)27)28-24(33)20-15(2)30(4)22(21(20)16-5-6-16)23(32)25(34)29-26(3)11-9-18(31)10-12-26/h7-8,13,16,18,31H,5-6,9-12H2,1-4H3,(H,28,33)(H,29,34)/t18-,26-. The fourth-order valence-corrected chi connectivity index (χ4v) is 4.88. The number of aliphatic hydroxyl groups is 1. The summed E-state index contributed by atoms with van der Waals surface area (Å²) in [5.41, 5.74) is 2.19. The fraction of sp³-hybridized carbons (Fsp3) is 0.500. The molecule has 2 aromatic rings. The van der Waals surface area contributed by atoms with Crippen molar-refractivity contribution in [2.75, 3.05) is 5.32 Å². The van der Waals surface area contributed by atoms with Gasteiger partial charge in [0.1, 0.15) is 5.82 Å². The Balaban J connectivity index is 1.63. The van der Waals surface area contributed by atoms with Crippen LogP contribution in [0.2, 0.25) is 0 Å². The molecule has 3 N–H and O–H groups in total. The van der Waals surface area contributed by atoms with Gasteiger partial charge in [-0.15, -0.1) is 0 Å². The second kappa shape index (κ2) is 8.98. The summed E-state index contributed by atoms with van der Waals surface area (Å²) in [4.78, 5) is 39.7. The zero-order valence-corrected chi connectivity index (χ0v) is 20.1. The van der Waals surface area contributed by atoms with Gasteiger partial charge in [-0.05, 0) is 94.5 Å². The average molecular weight is 470 g/mol. The minimum absolute atomic E-state index is 0.0442. The predicted octanol–water partition coefficient (Wildman–Crippen LogP) is 3.90. The molecular formula is C26H32FN3O4. The maximum absolute atomic E-state index is 13.6. The summed E-state index contributed by atoms with van der Waals surface area (Å²) in [6.07, 6.45) is 3.67. The Hall–Kier alpha value is -3.00. The molecule has 2 saturated carbocycles. The Morgan fingerprint density at radius 3 is 2.35 bits per heavy atom. The first kappa shape index (κ1) is 24.1. The molecule has 0 spiro atoms. The minimum atomic E-state index is -0.692. The van der Waals surface area contributed by atoms with Gasteiger partial charge in [0.05, 0.1) is 17.4 Å². The maximum Gasteiger partial charge on any atom is 0.294 e. The SMILES string of the molecule is Cc1cc(NC(=O)c2c(C3CC3)c(C(=O)C(=O)N[C@]3(C)CC[C@@H](O)CC3)n(C)c2C)ccc1F. The zero-order valence-electron chi connectivity index (χ0n) is 20.1. The highest BCUT2D eigenvalue weighted by molar-refractivity contribution is 6.43. The molecule has 34 heavy (non-hydrogen) atoms. The van der Waals surface area contributed by atoms with Crippen molar-refractivity contribution in [3.05, 3.63) is 52.1 Å². The zero-order chi connectivity index (χ0) is 24.8. The van der Waals surface area contributed by atoms with Crippen molar-refractivity contribution in [3.63, 3.8) is 0 Å². The highest BCUT2D eigenvalue weighted by Crippen LogP contribution is 2.45. The van der Waals surface area contributed by atoms with E-state index in [2.05, 4.69) is 10.6 Å². The molecule has 0 bridgehead atoms. The van der Waals surface area contributed by atoms with E-state index in [0.717, 1.165) is 12.8 Å². The van der Waals surface area contributed by atoms with Crippen LogP contribution in [0.4, 0.5) is 10.1 Å². The van der Waals surface area contributed by atoms with E-state index in [-0.39, 0.29) is 29.4 Å². The number of rotatable bonds is 6. The number of Topliss-reactive ketones (excluding diaryl/α,β-unsaturated/α-hetero) is 1. The molecule has 7 nitrogen and oxygen atoms in total. The van der Waals surface area contributed by atoms with Crippen LogP contribution in [-0.2, 0) is 11.8 Å². The summed E-state index contributed by atoms with van der Waals surface area (Å²) in [5.74, 6) is -2.04. The molecule has 4 rings (SSSR count). The number of benzene rings is 1. The normalized spacial score (nSPS) is 22.4. The highest BCUT2D eigenvalue weighted by atomic mass is 19.1. The number of halogens is 1. The Labute approximate surface area is 198 Å². The predicted molar refractivity (Wildman–Crippen MR) is 127 cm³/mol. The van der Waals surface area contributed by atoms with Gasteiger partial charge in [0.2, 0.25) is 0 Å². The van der Waals surface area contributed by atoms with Crippen LogP contribution >= 0.6 is 0 Å². The number of aryl methyl sites for hydroxylation is 1. The summed E-state index contributed by atoms with van der Waals surface area (Å²) in [6.45, 7) is 5.28. The van der Waals surface area contributed by atoms with Crippen molar-refractivity contribution in [1.82, 2.24) is 9.88 Å². The molecule has 0 radical (unpaired) electrons. The van der Waals surface area contributed by atoms with Crippen molar-refractivity contribution in [1.29, 1.82) is 0 Å². The van der Waals surface area contributed by atoms with Gasteiger partial charge in [-0.2, -0.15) is 0 Å². The fourth-order valence-electron chi connectivity index (χ4n) is 4.88. The molecule has 0 unspecified atom stereocenters. The second-order valence-electron chi connectivity index (χ2n) is 10.0. The van der Waals surface area contributed by atoms with Crippen LogP contribution in [-0.4, -0.2) is 38.9 Å². The van der Waals surface area contributed by atoms with Gasteiger partial charge in [0.15, 0.2) is 0 Å². The average Bonchev–Trinajstić information content (AvgIpc) is 3.59. The molecule has 2 aliphatic carbocycles. The maximum atomic E-state index is 13.6. The van der Waals surface area contributed by atoms with E-state index in [1.165, 1.54) is 12.1 Å². The van der Waals surface area contributed by atoms with E-state index in [1.807, 2.05) is 6.92 Å². The molecule has 2 amide bonds. The van der Waals surface area contributed by atoms with Crippen LogP contribution in [0, 0.1) is 19.7 Å². The Bertz CT molecular complexity index is 1160. The van der Waals surface area contributed by atoms with Crippen molar-refractivity contribution in [3.8, 4) is 0 Å². The van der Waals surface area contributed by atoms with Crippen molar-refractivity contribution in [2.45, 2.75) is 76.9 Å². The minimum Gasteiger partial charge on any atom is -0.393 e. The summed E-state index contributed by atoms with van der Waals surface area (Å²) in [6, 6.07) is 4.36. The van der Waals surface area contributed by atoms with E-state index in [0.29, 0.717) is 53.8 Å². The molecule has 1 aromatic heterocycles. The molecule has 0 atom stereocenters. The van der Waals surface area contributed by atoms with Gasteiger partial charge in [-0.3, -0.25) is 14.4 Å². The summed E-state index contributed by atoms with van der Waals surface area (Å²) in [5, 5.41) is 15.5. The van der Waals surface area contributed by atoms with Crippen molar-refractivity contribution < 1.29 is 23.9 Å². The molecule has 2 aliphatic rings. The van der Waals surface area contributed by atoms with Crippen molar-refractivity contribution in [2.24, 2.45) is 7.05 Å². The first-order valence-corrected chi connectivity index (χ1v) is 11.8. The lowest BCUT2D eigenvalue weighted by atomic mass is 9.81. The second-order valence-corrected chi connectivity index (χ2v) is 10.0. The smallest absolute Gasteiger partial charge is 0.294 e. The number of aliphatic hydroxyl groups excluding tert-OH is 1. The van der Waals surface area contributed by atoms with E-state index >= 15 is 0 Å². The first-order chi connectivity index (χ1) is 16.0. The number of ketones is 1. The third-order valence-corrected chi connectivity index (χ3v) is 7.25. The van der Waals surface area contributed by atoms with Gasteiger partial charge < -0.3 is 20.3 Å². The molecule has 182 valence electrons. The summed E-state index contributed by atoms with van der Waals surface area (Å²) < 4.78 is 15.3. The number of anilines is 1. The lowest BCUT2D eigenvalue weighted by Gasteiger charge is -2.36. The molecule has 8 heteroatoms. The van der Waals surface area contributed by atoms with Gasteiger partial charge in [0, 0.05) is 24.0 Å². The van der Waals surface area contributed by atoms with Crippen LogP contribution in [0.5, 0.6) is 0 Å². The topological polar surface area (TPSA) is 100 Å². The number of amides is 2. The number of nitrogens with one attached hydrogen (secondary N) is 2. The number of hydrogen-bond acceptors (Lipinski definition) is 4. The third-order valence-electron chi connectivity index (χ3n) is 7.25. The van der Waals surface area contributed by atoms with Gasteiger partial charge >= 0.3 is 0 Å². The number of nitrogens with zero attached hydrogens (tertiary/aromatic N) is 1. The molecule has 2 fully saturated rings. The lowest BCUT2D eigenvalue weighted by Crippen LogP contribution is -2.51. The first-order valence-electron chi connectivity index (χ1n) is 11.8. The van der Waals surface area contributed by atoms with Gasteiger partial charge in [-0.1, -0.05) is 0 Å². The van der Waals surface area contributed by atoms with Crippen LogP contribution in [0.25, 0.3) is 0 Å². The van der Waals surface area contributed by atoms with Crippen LogP contribution < -0.4 is 10.6 Å². The largest absolute Gasteiger partial charge is 0.393 e. The number of carbonyl (C=O) groups is 3. The monoisotopic (exact) mass is 469 g/mol. The van der Waals surface area contributed by atoms with E-state index in [9.17, 15) is 23.9 Å². The van der Waals surface area contributed by atoms with Crippen LogP contribution in [0.15, 0.2) is 18.2 Å². The van der Waals surface area contributed by atoms with Crippen LogP contribution in [0.3, 0.4) is 0 Å².